The second kappa shape index (κ2) is 26.2. The van der Waals surface area contributed by atoms with Gasteiger partial charge in [0.1, 0.15) is 29.7 Å². The van der Waals surface area contributed by atoms with Crippen LogP contribution in [0.1, 0.15) is 119 Å². The van der Waals surface area contributed by atoms with Crippen LogP contribution in [0.15, 0.2) is 34.1 Å². The predicted molar refractivity (Wildman–Crippen MR) is 287 cm³/mol. The number of cyclic esters (lactones) is 1. The third-order valence-electron chi connectivity index (χ3n) is 16.7. The first kappa shape index (κ1) is 62.5. The maximum absolute atomic E-state index is 14.8. The fraction of sp³-hybridized carbons (Fsp3) is 0.768. The molecule has 77 heavy (non-hydrogen) atoms. The number of nitrogens with zero attached hydrogens (tertiary/aromatic N) is 2. The van der Waals surface area contributed by atoms with Gasteiger partial charge in [-0.15, -0.1) is 11.8 Å². The smallest absolute Gasteiger partial charge is 0.477 e. The number of likely N-dealkylation sites (N-methyl/N-ethyl adjacent to an activating group) is 1. The summed E-state index contributed by atoms with van der Waals surface area (Å²) >= 11 is 1.57. The van der Waals surface area contributed by atoms with Gasteiger partial charge in [-0.3, -0.25) is 14.4 Å². The van der Waals surface area contributed by atoms with Crippen LogP contribution in [0, 0.1) is 23.7 Å². The second-order valence-electron chi connectivity index (χ2n) is 22.5. The number of benzene rings is 1. The highest BCUT2D eigenvalue weighted by atomic mass is 32.2. The number of fused-ring (bicyclic) bond motifs is 2. The van der Waals surface area contributed by atoms with Crippen molar-refractivity contribution in [2.24, 2.45) is 23.7 Å². The average molecular weight is 1110 g/mol. The summed E-state index contributed by atoms with van der Waals surface area (Å²) in [5, 5.41) is 25.3. The molecule has 434 valence electrons. The van der Waals surface area contributed by atoms with Crippen molar-refractivity contribution in [2.45, 2.75) is 204 Å². The van der Waals surface area contributed by atoms with E-state index < -0.39 is 119 Å². The van der Waals surface area contributed by atoms with Gasteiger partial charge in [0.15, 0.2) is 24.3 Å². The molecule has 6 rings (SSSR count). The fourth-order valence-electron chi connectivity index (χ4n) is 12.2. The van der Waals surface area contributed by atoms with Crippen LogP contribution in [0.2, 0.25) is 0 Å². The molecule has 4 fully saturated rings. The van der Waals surface area contributed by atoms with E-state index in [1.807, 2.05) is 72.7 Å². The zero-order chi connectivity index (χ0) is 56.9. The van der Waals surface area contributed by atoms with Gasteiger partial charge in [-0.2, -0.15) is 0 Å². The zero-order valence-electron chi connectivity index (χ0n) is 47.9. The first-order valence-corrected chi connectivity index (χ1v) is 28.3. The first-order chi connectivity index (χ1) is 36.3. The Labute approximate surface area is 458 Å². The largest absolute Gasteiger partial charge is 0.509 e. The van der Waals surface area contributed by atoms with E-state index in [9.17, 15) is 34.2 Å². The Hall–Kier alpha value is -3.74. The number of pyridine rings is 1. The summed E-state index contributed by atoms with van der Waals surface area (Å²) < 4.78 is 65.9. The van der Waals surface area contributed by atoms with E-state index >= 15 is 0 Å². The summed E-state index contributed by atoms with van der Waals surface area (Å²) in [6.45, 7) is 22.3. The van der Waals surface area contributed by atoms with E-state index in [-0.39, 0.29) is 42.8 Å². The van der Waals surface area contributed by atoms with Crippen molar-refractivity contribution < 1.29 is 76.8 Å². The highest BCUT2D eigenvalue weighted by Gasteiger charge is 2.60. The van der Waals surface area contributed by atoms with Crippen LogP contribution in [0.3, 0.4) is 0 Å². The number of carboxylic acids is 1. The Morgan fingerprint density at radius 1 is 0.909 bits per heavy atom. The number of carbonyl (C=O) groups excluding carboxylic acids is 3. The van der Waals surface area contributed by atoms with E-state index in [0.29, 0.717) is 55.7 Å². The molecule has 2 aromatic rings. The van der Waals surface area contributed by atoms with Crippen LogP contribution in [-0.2, 0) is 63.5 Å². The summed E-state index contributed by atoms with van der Waals surface area (Å²) in [5.74, 6) is -4.70. The van der Waals surface area contributed by atoms with Crippen molar-refractivity contribution in [3.8, 4) is 0 Å². The van der Waals surface area contributed by atoms with Crippen molar-refractivity contribution in [1.29, 1.82) is 0 Å². The number of aliphatic hydroxyl groups is 1. The molecule has 0 unspecified atom stereocenters. The molecule has 0 spiro atoms. The number of aromatic nitrogens is 1. The highest BCUT2D eigenvalue weighted by molar-refractivity contribution is 7.99. The monoisotopic (exact) mass is 1110 g/mol. The van der Waals surface area contributed by atoms with Gasteiger partial charge in [-0.25, -0.2) is 9.59 Å². The number of ether oxygens (including phenoxy) is 10. The maximum Gasteiger partial charge on any atom is 0.509 e. The number of aliphatic hydroxyl groups excluding tert-OH is 1. The Morgan fingerprint density at radius 3 is 2.23 bits per heavy atom. The van der Waals surface area contributed by atoms with Crippen molar-refractivity contribution in [2.75, 3.05) is 53.8 Å². The standard InChI is InChI=1S/C56H87N3O17S/c1-16-41-56(11)48(75-53(66)76-56)32(5)43(60)30(3)27-54(9,67-14)47(74-52-45(62)40(58(12)13)25-31(4)70-52)33(6)46(34(7)51(65)72-41)73-42-28-55(10,68-15)49(35(8)71-42)69-23-18-21-57-22-24-77-36-19-20-39-37(26-36)44(61)38(50(63)64)29-59(39)17-2/h19-20,26,29-35,40-42,45-49,52,57,62H,16-18,21-25,27-28H2,1-15H3,(H,63,64)/t30-,31-,32-,33+,34+,35-,40+,41-,42+,45+,46+,47-,48+,49+,52+,54+,55-,56-/m0/s1. The Balaban J connectivity index is 1.19. The van der Waals surface area contributed by atoms with Crippen molar-refractivity contribution in [1.82, 2.24) is 14.8 Å². The second-order valence-corrected chi connectivity index (χ2v) is 23.6. The molecule has 5 heterocycles. The average Bonchev–Trinajstić information content (AvgIpc) is 3.74. The Morgan fingerprint density at radius 2 is 1.60 bits per heavy atom. The molecule has 21 heteroatoms. The molecule has 4 aliphatic rings. The van der Waals surface area contributed by atoms with Crippen molar-refractivity contribution in [3.63, 3.8) is 0 Å². The number of hydrogen-bond acceptors (Lipinski definition) is 19. The minimum Gasteiger partial charge on any atom is -0.477 e. The number of Topliss-reactive ketones (excluding diaryl/α,β-unsaturated/α-hetero) is 1. The quantitative estimate of drug-likeness (QED) is 0.0778. The molecule has 20 nitrogen and oxygen atoms in total. The summed E-state index contributed by atoms with van der Waals surface area (Å²) in [4.78, 5) is 69.8. The predicted octanol–water partition coefficient (Wildman–Crippen LogP) is 6.45. The molecule has 3 N–H and O–H groups in total. The van der Waals surface area contributed by atoms with Gasteiger partial charge in [0.25, 0.3) is 0 Å². The lowest BCUT2D eigenvalue weighted by molar-refractivity contribution is -0.322. The van der Waals surface area contributed by atoms with Crippen LogP contribution in [0.4, 0.5) is 4.79 Å². The van der Waals surface area contributed by atoms with Crippen LogP contribution in [0.25, 0.3) is 10.9 Å². The van der Waals surface area contributed by atoms with Crippen molar-refractivity contribution >= 4 is 46.5 Å². The molecule has 18 atom stereocenters. The summed E-state index contributed by atoms with van der Waals surface area (Å²) in [6, 6.07) is 5.25. The minimum absolute atomic E-state index is 0.122. The molecule has 1 aromatic carbocycles. The third-order valence-corrected chi connectivity index (χ3v) is 17.6. The number of esters is 1. The van der Waals surface area contributed by atoms with E-state index in [1.54, 1.807) is 64.1 Å². The van der Waals surface area contributed by atoms with Gasteiger partial charge in [0, 0.05) is 80.4 Å². The molecular formula is C56H87N3O17S. The van der Waals surface area contributed by atoms with E-state index in [0.717, 1.165) is 4.90 Å². The van der Waals surface area contributed by atoms with Gasteiger partial charge in [-0.05, 0) is 113 Å². The van der Waals surface area contributed by atoms with Gasteiger partial charge < -0.3 is 72.4 Å². The number of ketones is 1. The van der Waals surface area contributed by atoms with Gasteiger partial charge in [0.2, 0.25) is 5.43 Å². The molecule has 4 aliphatic heterocycles. The maximum atomic E-state index is 14.8. The lowest BCUT2D eigenvalue weighted by Gasteiger charge is -2.50. The molecule has 0 saturated carbocycles. The van der Waals surface area contributed by atoms with E-state index in [4.69, 9.17) is 47.4 Å². The van der Waals surface area contributed by atoms with Crippen molar-refractivity contribution in [3.05, 3.63) is 40.2 Å². The Bertz CT molecular complexity index is 2430. The number of carbonyl (C=O) groups is 4. The first-order valence-electron chi connectivity index (χ1n) is 27.3. The number of aromatic carboxylic acids is 1. The van der Waals surface area contributed by atoms with Crippen LogP contribution >= 0.6 is 11.8 Å². The minimum atomic E-state index is -1.50. The normalized spacial score (nSPS) is 37.5. The summed E-state index contributed by atoms with van der Waals surface area (Å²) in [6.07, 6.45) is -6.38. The number of rotatable bonds is 19. The molecule has 4 saturated heterocycles. The van der Waals surface area contributed by atoms with Gasteiger partial charge in [0.05, 0.1) is 53.0 Å². The summed E-state index contributed by atoms with van der Waals surface area (Å²) in [5.41, 5.74) is -3.75. The lowest BCUT2D eigenvalue weighted by atomic mass is 9.74. The van der Waals surface area contributed by atoms with E-state index in [2.05, 4.69) is 5.32 Å². The van der Waals surface area contributed by atoms with Gasteiger partial charge >= 0.3 is 18.1 Å². The topological polar surface area (TPSA) is 238 Å². The molecular weight excluding hydrogens is 1020 g/mol. The lowest BCUT2D eigenvalue weighted by Crippen LogP contribution is -2.61. The number of nitrogens with one attached hydrogen (secondary N) is 1. The number of aryl methyl sites for hydroxylation is 1. The molecule has 0 bridgehead atoms. The van der Waals surface area contributed by atoms with Gasteiger partial charge in [-0.1, -0.05) is 27.7 Å². The Kier molecular flexibility index (Phi) is 21.3. The highest BCUT2D eigenvalue weighted by Crippen LogP contribution is 2.44. The molecule has 0 radical (unpaired) electrons. The molecule has 0 aliphatic carbocycles. The fourth-order valence-corrected chi connectivity index (χ4v) is 13.0. The number of thioether (sulfide) groups is 1. The summed E-state index contributed by atoms with van der Waals surface area (Å²) in [7, 11) is 6.92. The van der Waals surface area contributed by atoms with E-state index in [1.165, 1.54) is 13.3 Å². The number of carboxylic acid groups (broad SMARTS) is 1. The SMILES string of the molecule is CC[C@@H]1OC(=O)[C@H](C)[C@H](O[C@@H]2C[C@](C)(OC)[C@H](OCCCNCCSc3ccc4c(c3)c(=O)c(C(=O)O)cn4CC)[C@H](C)O2)[C@@H](C)[C@H](O[C@H]2O[C@@H](C)C[C@@H](N(C)C)[C@H]2O)[C@](C)(OC)C[C@H](C)C(=O)[C@H](C)[C@H]2OC(=O)O[C@@]12C. The van der Waals surface area contributed by atoms with Crippen LogP contribution in [-0.4, -0.2) is 182 Å². The molecule has 1 aromatic heterocycles. The van der Waals surface area contributed by atoms with Crippen LogP contribution in [0.5, 0.6) is 0 Å². The number of hydrogen-bond donors (Lipinski definition) is 3. The third kappa shape index (κ3) is 13.7. The van der Waals surface area contributed by atoms with Crippen LogP contribution < -0.4 is 10.7 Å². The molecule has 0 amide bonds. The zero-order valence-corrected chi connectivity index (χ0v) is 48.7. The number of methoxy groups -OCH3 is 2.